The molecule has 0 aromatic carbocycles. The van der Waals surface area contributed by atoms with E-state index in [0.717, 1.165) is 6.54 Å². The highest BCUT2D eigenvalue weighted by atomic mass is 35.5. The minimum Gasteiger partial charge on any atom is -0.370 e. The Kier molecular flexibility index (Phi) is 4.57. The van der Waals surface area contributed by atoms with E-state index < -0.39 is 0 Å². The Balaban J connectivity index is 2.15. The number of amides is 1. The van der Waals surface area contributed by atoms with Gasteiger partial charge < -0.3 is 10.6 Å². The van der Waals surface area contributed by atoms with Gasteiger partial charge in [-0.15, -0.1) is 0 Å². The number of rotatable bonds is 5. The molecule has 0 spiro atoms. The molecule has 7 heteroatoms. The van der Waals surface area contributed by atoms with Crippen LogP contribution in [0.25, 0.3) is 0 Å². The Morgan fingerprint density at radius 1 is 1.40 bits per heavy atom. The number of nitrogens with one attached hydrogen (secondary N) is 2. The van der Waals surface area contributed by atoms with Crippen LogP contribution in [0.5, 0.6) is 0 Å². The van der Waals surface area contributed by atoms with E-state index in [1.165, 1.54) is 6.07 Å². The molecule has 2 aromatic heterocycles. The largest absolute Gasteiger partial charge is 0.370 e. The molecule has 0 aliphatic carbocycles. The molecule has 20 heavy (non-hydrogen) atoms. The molecule has 106 valence electrons. The number of hydrogen-bond acceptors (Lipinski definition) is 4. The predicted octanol–water partition coefficient (Wildman–Crippen LogP) is 2.64. The van der Waals surface area contributed by atoms with Crippen molar-refractivity contribution >= 4 is 29.0 Å². The molecule has 1 amide bonds. The van der Waals surface area contributed by atoms with Gasteiger partial charge in [-0.2, -0.15) is 5.10 Å². The maximum Gasteiger partial charge on any atom is 0.255 e. The number of aryl methyl sites for hydroxylation is 1. The van der Waals surface area contributed by atoms with E-state index in [0.29, 0.717) is 23.6 Å². The van der Waals surface area contributed by atoms with Crippen LogP contribution in [-0.4, -0.2) is 27.2 Å². The fraction of sp³-hybridized carbons (Fsp3) is 0.308. The van der Waals surface area contributed by atoms with Crippen LogP contribution in [0.2, 0.25) is 5.15 Å². The van der Waals surface area contributed by atoms with Crippen LogP contribution in [0.3, 0.4) is 0 Å². The average molecular weight is 294 g/mol. The topological polar surface area (TPSA) is 71.8 Å². The van der Waals surface area contributed by atoms with Crippen molar-refractivity contribution in [3.63, 3.8) is 0 Å². The van der Waals surface area contributed by atoms with Crippen LogP contribution in [0.4, 0.5) is 11.5 Å². The number of carbonyl (C=O) groups excluding carboxylic acids is 1. The first-order valence-electron chi connectivity index (χ1n) is 6.37. The number of anilines is 2. The van der Waals surface area contributed by atoms with Gasteiger partial charge in [0.2, 0.25) is 0 Å². The number of nitrogens with zero attached hydrogens (tertiary/aromatic N) is 3. The van der Waals surface area contributed by atoms with Gasteiger partial charge in [0.1, 0.15) is 11.0 Å². The summed E-state index contributed by atoms with van der Waals surface area (Å²) in [5, 5.41) is 10.2. The maximum absolute atomic E-state index is 12.2. The first-order valence-corrected chi connectivity index (χ1v) is 6.75. The normalized spacial score (nSPS) is 10.3. The number of pyridine rings is 1. The summed E-state index contributed by atoms with van der Waals surface area (Å²) in [6.07, 6.45) is 3.38. The lowest BCUT2D eigenvalue weighted by atomic mass is 10.2. The Hall–Kier alpha value is -2.08. The zero-order chi connectivity index (χ0) is 14.5. The minimum atomic E-state index is -0.246. The number of aromatic nitrogens is 3. The van der Waals surface area contributed by atoms with Crippen molar-refractivity contribution in [1.82, 2.24) is 14.8 Å². The Morgan fingerprint density at radius 3 is 2.85 bits per heavy atom. The minimum absolute atomic E-state index is 0.246. The lowest BCUT2D eigenvalue weighted by Crippen LogP contribution is -2.12. The van der Waals surface area contributed by atoms with Gasteiger partial charge in [0.15, 0.2) is 0 Å². The van der Waals surface area contributed by atoms with Crippen molar-refractivity contribution in [2.75, 3.05) is 17.2 Å². The van der Waals surface area contributed by atoms with Gasteiger partial charge in [-0.05, 0) is 26.0 Å². The molecular weight excluding hydrogens is 278 g/mol. The fourth-order valence-electron chi connectivity index (χ4n) is 1.70. The molecule has 6 nitrogen and oxygen atoms in total. The van der Waals surface area contributed by atoms with Crippen LogP contribution in [0, 0.1) is 0 Å². The summed E-state index contributed by atoms with van der Waals surface area (Å²) in [5.74, 6) is 0.332. The smallest absolute Gasteiger partial charge is 0.255 e. The summed E-state index contributed by atoms with van der Waals surface area (Å²) in [5.41, 5.74) is 1.10. The first kappa shape index (κ1) is 14.3. The van der Waals surface area contributed by atoms with Crippen LogP contribution >= 0.6 is 11.6 Å². The number of hydrogen-bond donors (Lipinski definition) is 2. The highest BCUT2D eigenvalue weighted by Gasteiger charge is 2.10. The SMILES string of the molecule is CCNc1cc(C(=O)Nc2cnn(CC)c2)cc(Cl)n1. The lowest BCUT2D eigenvalue weighted by Gasteiger charge is -2.07. The van der Waals surface area contributed by atoms with Gasteiger partial charge in [0.25, 0.3) is 5.91 Å². The second kappa shape index (κ2) is 6.38. The van der Waals surface area contributed by atoms with E-state index in [1.807, 2.05) is 13.8 Å². The first-order chi connectivity index (χ1) is 9.62. The second-order valence-electron chi connectivity index (χ2n) is 4.13. The summed E-state index contributed by atoms with van der Waals surface area (Å²) >= 11 is 5.91. The Morgan fingerprint density at radius 2 is 2.20 bits per heavy atom. The summed E-state index contributed by atoms with van der Waals surface area (Å²) in [6.45, 7) is 5.38. The van der Waals surface area contributed by atoms with Crippen molar-refractivity contribution in [3.8, 4) is 0 Å². The van der Waals surface area contributed by atoms with E-state index in [9.17, 15) is 4.79 Å². The number of halogens is 1. The third-order valence-electron chi connectivity index (χ3n) is 2.63. The molecule has 0 bridgehead atoms. The van der Waals surface area contributed by atoms with Crippen molar-refractivity contribution in [2.24, 2.45) is 0 Å². The van der Waals surface area contributed by atoms with Gasteiger partial charge in [-0.3, -0.25) is 9.48 Å². The number of carbonyl (C=O) groups is 1. The van der Waals surface area contributed by atoms with E-state index in [-0.39, 0.29) is 11.1 Å². The van der Waals surface area contributed by atoms with Gasteiger partial charge in [-0.25, -0.2) is 4.98 Å². The quantitative estimate of drug-likeness (QED) is 0.831. The zero-order valence-corrected chi connectivity index (χ0v) is 12.1. The van der Waals surface area contributed by atoms with Crippen LogP contribution in [-0.2, 0) is 6.54 Å². The summed E-state index contributed by atoms with van der Waals surface area (Å²) in [7, 11) is 0. The molecule has 2 heterocycles. The monoisotopic (exact) mass is 293 g/mol. The van der Waals surface area contributed by atoms with Crippen LogP contribution in [0.1, 0.15) is 24.2 Å². The second-order valence-corrected chi connectivity index (χ2v) is 4.52. The molecule has 0 saturated carbocycles. The highest BCUT2D eigenvalue weighted by Crippen LogP contribution is 2.16. The van der Waals surface area contributed by atoms with Gasteiger partial charge in [-0.1, -0.05) is 11.6 Å². The molecule has 0 aliphatic rings. The van der Waals surface area contributed by atoms with Crippen molar-refractivity contribution in [2.45, 2.75) is 20.4 Å². The van der Waals surface area contributed by atoms with E-state index in [1.54, 1.807) is 23.1 Å². The Labute approximate surface area is 122 Å². The molecule has 2 N–H and O–H groups in total. The predicted molar refractivity (Wildman–Crippen MR) is 79.3 cm³/mol. The van der Waals surface area contributed by atoms with Crippen molar-refractivity contribution in [1.29, 1.82) is 0 Å². The lowest BCUT2D eigenvalue weighted by molar-refractivity contribution is 0.102. The standard InChI is InChI=1S/C13H16ClN5O/c1-3-15-12-6-9(5-11(14)18-12)13(20)17-10-7-16-19(4-2)8-10/h5-8H,3-4H2,1-2H3,(H,15,18)(H,17,20). The molecule has 0 fully saturated rings. The third-order valence-corrected chi connectivity index (χ3v) is 2.82. The van der Waals surface area contributed by atoms with Gasteiger partial charge in [0.05, 0.1) is 11.9 Å². The van der Waals surface area contributed by atoms with Crippen molar-refractivity contribution in [3.05, 3.63) is 35.2 Å². The summed E-state index contributed by atoms with van der Waals surface area (Å²) in [6, 6.07) is 3.19. The summed E-state index contributed by atoms with van der Waals surface area (Å²) < 4.78 is 1.74. The maximum atomic E-state index is 12.2. The van der Waals surface area contributed by atoms with Crippen LogP contribution in [0.15, 0.2) is 24.5 Å². The average Bonchev–Trinajstić information content (AvgIpc) is 2.86. The third kappa shape index (κ3) is 3.48. The molecule has 0 atom stereocenters. The molecule has 0 radical (unpaired) electrons. The van der Waals surface area contributed by atoms with Gasteiger partial charge >= 0.3 is 0 Å². The van der Waals surface area contributed by atoms with E-state index in [2.05, 4.69) is 20.7 Å². The molecular formula is C13H16ClN5O. The van der Waals surface area contributed by atoms with E-state index >= 15 is 0 Å². The highest BCUT2D eigenvalue weighted by molar-refractivity contribution is 6.30. The van der Waals surface area contributed by atoms with Crippen molar-refractivity contribution < 1.29 is 4.79 Å². The summed E-state index contributed by atoms with van der Waals surface area (Å²) in [4.78, 5) is 16.2. The van der Waals surface area contributed by atoms with E-state index in [4.69, 9.17) is 11.6 Å². The van der Waals surface area contributed by atoms with Crippen LogP contribution < -0.4 is 10.6 Å². The Bertz CT molecular complexity index is 611. The van der Waals surface area contributed by atoms with Gasteiger partial charge in [0, 0.05) is 24.8 Å². The molecule has 0 unspecified atom stereocenters. The molecule has 2 rings (SSSR count). The zero-order valence-electron chi connectivity index (χ0n) is 11.4. The fourth-order valence-corrected chi connectivity index (χ4v) is 1.91. The molecule has 2 aromatic rings. The molecule has 0 saturated heterocycles. The molecule has 0 aliphatic heterocycles.